The monoisotopic (exact) mass is 346 g/mol. The molecule has 0 unspecified atom stereocenters. The van der Waals surface area contributed by atoms with Gasteiger partial charge in [0.15, 0.2) is 0 Å². The molecule has 4 bridgehead atoms. The molecular weight excluding hydrogens is 320 g/mol. The standard InChI is InChI=1S/C24H26O2/c25-23(26-16-17-6-2-1-3-7-17)21-8-4-5-9-22(21)24-13-18-10-19(14-24)12-20(11-18)15-24/h1-9,18-20H,10-16H2. The molecule has 0 heterocycles. The Balaban J connectivity index is 1.42. The van der Waals surface area contributed by atoms with Crippen LogP contribution < -0.4 is 0 Å². The van der Waals surface area contributed by atoms with Gasteiger partial charge < -0.3 is 4.74 Å². The van der Waals surface area contributed by atoms with E-state index in [0.29, 0.717) is 6.61 Å². The first-order chi connectivity index (χ1) is 12.7. The van der Waals surface area contributed by atoms with Crippen molar-refractivity contribution in [3.8, 4) is 0 Å². The molecule has 0 amide bonds. The van der Waals surface area contributed by atoms with Gasteiger partial charge in [-0.1, -0.05) is 48.5 Å². The number of ether oxygens (including phenoxy) is 1. The fourth-order valence-corrected chi connectivity index (χ4v) is 6.36. The minimum absolute atomic E-state index is 0.166. The minimum atomic E-state index is -0.166. The molecule has 4 saturated carbocycles. The molecule has 0 spiro atoms. The molecule has 0 radical (unpaired) electrons. The Hall–Kier alpha value is -2.09. The second kappa shape index (κ2) is 6.26. The molecule has 0 aromatic heterocycles. The zero-order valence-corrected chi connectivity index (χ0v) is 15.2. The highest BCUT2D eigenvalue weighted by molar-refractivity contribution is 5.91. The first-order valence-corrected chi connectivity index (χ1v) is 10.0. The maximum atomic E-state index is 12.9. The third kappa shape index (κ3) is 2.76. The number of carbonyl (C=O) groups is 1. The number of carbonyl (C=O) groups excluding carboxylic acids is 1. The van der Waals surface area contributed by atoms with Crippen LogP contribution in [0.25, 0.3) is 0 Å². The van der Waals surface area contributed by atoms with Crippen LogP contribution >= 0.6 is 0 Å². The van der Waals surface area contributed by atoms with Crippen LogP contribution in [0.1, 0.15) is 60.0 Å². The Bertz CT molecular complexity index is 773. The van der Waals surface area contributed by atoms with Gasteiger partial charge in [0.1, 0.15) is 6.61 Å². The largest absolute Gasteiger partial charge is 0.457 e. The summed E-state index contributed by atoms with van der Waals surface area (Å²) in [6.45, 7) is 0.342. The van der Waals surface area contributed by atoms with Crippen molar-refractivity contribution in [3.63, 3.8) is 0 Å². The summed E-state index contributed by atoms with van der Waals surface area (Å²) in [5.41, 5.74) is 3.31. The fourth-order valence-electron chi connectivity index (χ4n) is 6.36. The molecule has 26 heavy (non-hydrogen) atoms. The minimum Gasteiger partial charge on any atom is -0.457 e. The number of rotatable bonds is 4. The molecule has 4 aliphatic rings. The van der Waals surface area contributed by atoms with Crippen molar-refractivity contribution in [1.82, 2.24) is 0 Å². The predicted molar refractivity (Wildman–Crippen MR) is 102 cm³/mol. The molecule has 0 N–H and O–H groups in total. The molecule has 134 valence electrons. The van der Waals surface area contributed by atoms with Gasteiger partial charge in [-0.25, -0.2) is 4.79 Å². The molecule has 6 rings (SSSR count). The van der Waals surface area contributed by atoms with Crippen molar-refractivity contribution in [3.05, 3.63) is 71.3 Å². The molecule has 0 saturated heterocycles. The van der Waals surface area contributed by atoms with Gasteiger partial charge in [0.25, 0.3) is 0 Å². The summed E-state index contributed by atoms with van der Waals surface area (Å²) in [4.78, 5) is 12.9. The van der Waals surface area contributed by atoms with E-state index in [1.165, 1.54) is 44.1 Å². The van der Waals surface area contributed by atoms with E-state index in [1.54, 1.807) is 0 Å². The van der Waals surface area contributed by atoms with Gasteiger partial charge >= 0.3 is 5.97 Å². The Morgan fingerprint density at radius 3 is 2.08 bits per heavy atom. The van der Waals surface area contributed by atoms with Crippen LogP contribution in [0.2, 0.25) is 0 Å². The van der Waals surface area contributed by atoms with Gasteiger partial charge in [-0.15, -0.1) is 0 Å². The van der Waals surface area contributed by atoms with Gasteiger partial charge in [0.05, 0.1) is 5.56 Å². The molecule has 4 aliphatic carbocycles. The summed E-state index contributed by atoms with van der Waals surface area (Å²) in [5.74, 6) is 2.44. The van der Waals surface area contributed by atoms with Crippen LogP contribution in [-0.2, 0) is 16.8 Å². The average Bonchev–Trinajstić information content (AvgIpc) is 2.66. The van der Waals surface area contributed by atoms with Gasteiger partial charge in [-0.2, -0.15) is 0 Å². The van der Waals surface area contributed by atoms with Gasteiger partial charge in [0, 0.05) is 0 Å². The maximum Gasteiger partial charge on any atom is 0.338 e. The SMILES string of the molecule is O=C(OCc1ccccc1)c1ccccc1C12CC3CC(CC(C3)C1)C2. The Kier molecular flexibility index (Phi) is 3.88. The topological polar surface area (TPSA) is 26.3 Å². The van der Waals surface area contributed by atoms with Crippen LogP contribution in [0.15, 0.2) is 54.6 Å². The first-order valence-electron chi connectivity index (χ1n) is 10.0. The zero-order valence-electron chi connectivity index (χ0n) is 15.2. The van der Waals surface area contributed by atoms with E-state index in [2.05, 4.69) is 12.1 Å². The van der Waals surface area contributed by atoms with Gasteiger partial charge in [0.2, 0.25) is 0 Å². The summed E-state index contributed by atoms with van der Waals surface area (Å²) in [6, 6.07) is 18.2. The Morgan fingerprint density at radius 1 is 0.846 bits per heavy atom. The second-order valence-corrected chi connectivity index (χ2v) is 8.81. The van der Waals surface area contributed by atoms with Crippen molar-refractivity contribution in [2.24, 2.45) is 17.8 Å². The molecule has 2 aromatic carbocycles. The maximum absolute atomic E-state index is 12.9. The van der Waals surface area contributed by atoms with Crippen molar-refractivity contribution >= 4 is 5.97 Å². The lowest BCUT2D eigenvalue weighted by Gasteiger charge is -2.57. The lowest BCUT2D eigenvalue weighted by atomic mass is 9.47. The molecule has 2 heteroatoms. The fraction of sp³-hybridized carbons (Fsp3) is 0.458. The van der Waals surface area contributed by atoms with Crippen LogP contribution in [-0.4, -0.2) is 5.97 Å². The van der Waals surface area contributed by atoms with E-state index in [-0.39, 0.29) is 11.4 Å². The highest BCUT2D eigenvalue weighted by Gasteiger charge is 2.52. The lowest BCUT2D eigenvalue weighted by molar-refractivity contribution is -0.00614. The van der Waals surface area contributed by atoms with Gasteiger partial charge in [-0.05, 0) is 78.9 Å². The molecule has 2 nitrogen and oxygen atoms in total. The summed E-state index contributed by atoms with van der Waals surface area (Å²) >= 11 is 0. The third-order valence-electron chi connectivity index (χ3n) is 6.97. The highest BCUT2D eigenvalue weighted by Crippen LogP contribution is 2.61. The highest BCUT2D eigenvalue weighted by atomic mass is 16.5. The van der Waals surface area contributed by atoms with E-state index in [1.807, 2.05) is 42.5 Å². The van der Waals surface area contributed by atoms with Crippen molar-refractivity contribution in [2.45, 2.75) is 50.5 Å². The molecule has 2 aromatic rings. The molecule has 4 fully saturated rings. The smallest absolute Gasteiger partial charge is 0.338 e. The van der Waals surface area contributed by atoms with Gasteiger partial charge in [-0.3, -0.25) is 0 Å². The van der Waals surface area contributed by atoms with Crippen LogP contribution in [0.3, 0.4) is 0 Å². The number of hydrogen-bond donors (Lipinski definition) is 0. The molecule has 0 aliphatic heterocycles. The number of hydrogen-bond acceptors (Lipinski definition) is 2. The van der Waals surface area contributed by atoms with E-state index in [9.17, 15) is 4.79 Å². The summed E-state index contributed by atoms with van der Waals surface area (Å²) < 4.78 is 5.68. The first kappa shape index (κ1) is 16.1. The summed E-state index contributed by atoms with van der Waals surface area (Å²) in [6.07, 6.45) is 8.05. The summed E-state index contributed by atoms with van der Waals surface area (Å²) in [7, 11) is 0. The average molecular weight is 346 g/mol. The quantitative estimate of drug-likeness (QED) is 0.682. The van der Waals surface area contributed by atoms with E-state index < -0.39 is 0 Å². The third-order valence-corrected chi connectivity index (χ3v) is 6.97. The second-order valence-electron chi connectivity index (χ2n) is 8.81. The summed E-state index contributed by atoms with van der Waals surface area (Å²) in [5, 5.41) is 0. The van der Waals surface area contributed by atoms with Crippen molar-refractivity contribution in [1.29, 1.82) is 0 Å². The molecular formula is C24H26O2. The molecule has 0 atom stereocenters. The number of esters is 1. The van der Waals surface area contributed by atoms with E-state index in [4.69, 9.17) is 4.74 Å². The number of benzene rings is 2. The van der Waals surface area contributed by atoms with Crippen molar-refractivity contribution < 1.29 is 9.53 Å². The van der Waals surface area contributed by atoms with Crippen LogP contribution in [0.5, 0.6) is 0 Å². The normalized spacial score (nSPS) is 31.8. The zero-order chi connectivity index (χ0) is 17.6. The van der Waals surface area contributed by atoms with Crippen LogP contribution in [0.4, 0.5) is 0 Å². The Labute approximate surface area is 155 Å². The predicted octanol–water partition coefficient (Wildman–Crippen LogP) is 5.51. The van der Waals surface area contributed by atoms with E-state index in [0.717, 1.165) is 28.9 Å². The van der Waals surface area contributed by atoms with Crippen LogP contribution in [0, 0.1) is 17.8 Å². The Morgan fingerprint density at radius 2 is 1.42 bits per heavy atom. The van der Waals surface area contributed by atoms with E-state index >= 15 is 0 Å². The lowest BCUT2D eigenvalue weighted by Crippen LogP contribution is -2.49. The van der Waals surface area contributed by atoms with Crippen molar-refractivity contribution in [2.75, 3.05) is 0 Å².